The summed E-state index contributed by atoms with van der Waals surface area (Å²) >= 11 is 0. The molecule has 1 aromatic carbocycles. The molecular formula is C14H15NO2. The highest BCUT2D eigenvalue weighted by molar-refractivity contribution is 6.12. The molecule has 0 atom stereocenters. The van der Waals surface area contributed by atoms with Crippen LogP contribution in [-0.4, -0.2) is 17.9 Å². The van der Waals surface area contributed by atoms with Gasteiger partial charge < -0.3 is 9.72 Å². The standard InChI is InChI=1S/C14H15NO2/c1-8-12(14(16)9-6-7-9)13-10(15-8)4-3-5-11(13)17-2/h3-5,9,15H,6-7H2,1-2H3. The summed E-state index contributed by atoms with van der Waals surface area (Å²) in [6, 6.07) is 5.82. The lowest BCUT2D eigenvalue weighted by Gasteiger charge is -2.04. The number of Topliss-reactive ketones (excluding diaryl/α,β-unsaturated/α-hetero) is 1. The third kappa shape index (κ3) is 1.54. The van der Waals surface area contributed by atoms with Crippen LogP contribution in [0.25, 0.3) is 10.9 Å². The van der Waals surface area contributed by atoms with E-state index in [4.69, 9.17) is 4.74 Å². The molecule has 1 aliphatic rings. The van der Waals surface area contributed by atoms with Gasteiger partial charge in [0.2, 0.25) is 0 Å². The molecule has 0 amide bonds. The normalized spacial score (nSPS) is 15.2. The molecule has 0 saturated heterocycles. The van der Waals surface area contributed by atoms with Crippen molar-refractivity contribution in [3.8, 4) is 5.75 Å². The Kier molecular flexibility index (Phi) is 2.21. The number of aromatic nitrogens is 1. The van der Waals surface area contributed by atoms with Crippen molar-refractivity contribution < 1.29 is 9.53 Å². The fourth-order valence-electron chi connectivity index (χ4n) is 2.37. The predicted octanol–water partition coefficient (Wildman–Crippen LogP) is 3.08. The number of benzene rings is 1. The van der Waals surface area contributed by atoms with Crippen molar-refractivity contribution in [2.45, 2.75) is 19.8 Å². The molecule has 1 aromatic heterocycles. The van der Waals surface area contributed by atoms with E-state index >= 15 is 0 Å². The molecule has 0 spiro atoms. The van der Waals surface area contributed by atoms with E-state index in [0.717, 1.165) is 40.8 Å². The number of aromatic amines is 1. The monoisotopic (exact) mass is 229 g/mol. The Bertz CT molecular complexity index is 594. The third-order valence-corrected chi connectivity index (χ3v) is 3.39. The number of rotatable bonds is 3. The number of ketones is 1. The van der Waals surface area contributed by atoms with E-state index in [1.54, 1.807) is 7.11 Å². The Morgan fingerprint density at radius 3 is 2.82 bits per heavy atom. The second-order valence-corrected chi connectivity index (χ2v) is 4.65. The summed E-state index contributed by atoms with van der Waals surface area (Å²) in [7, 11) is 1.64. The fraction of sp³-hybridized carbons (Fsp3) is 0.357. The molecule has 1 N–H and O–H groups in total. The number of carbonyl (C=O) groups is 1. The van der Waals surface area contributed by atoms with Crippen LogP contribution >= 0.6 is 0 Å². The van der Waals surface area contributed by atoms with E-state index in [2.05, 4.69) is 4.98 Å². The van der Waals surface area contributed by atoms with Crippen LogP contribution in [0.1, 0.15) is 28.9 Å². The van der Waals surface area contributed by atoms with Crippen LogP contribution in [-0.2, 0) is 0 Å². The fourth-order valence-corrected chi connectivity index (χ4v) is 2.37. The molecule has 0 aliphatic heterocycles. The first-order valence-corrected chi connectivity index (χ1v) is 5.92. The zero-order valence-corrected chi connectivity index (χ0v) is 10.0. The first kappa shape index (κ1) is 10.4. The van der Waals surface area contributed by atoms with Gasteiger partial charge in [-0.15, -0.1) is 0 Å². The quantitative estimate of drug-likeness (QED) is 0.822. The number of nitrogens with one attached hydrogen (secondary N) is 1. The van der Waals surface area contributed by atoms with Crippen molar-refractivity contribution >= 4 is 16.7 Å². The Balaban J connectivity index is 2.27. The second-order valence-electron chi connectivity index (χ2n) is 4.65. The van der Waals surface area contributed by atoms with E-state index < -0.39 is 0 Å². The molecule has 0 unspecified atom stereocenters. The molecule has 3 heteroatoms. The highest BCUT2D eigenvalue weighted by Gasteiger charge is 2.33. The van der Waals surface area contributed by atoms with Gasteiger partial charge in [0.05, 0.1) is 18.0 Å². The maximum Gasteiger partial charge on any atom is 0.168 e. The molecule has 88 valence electrons. The molecule has 2 aromatic rings. The maximum absolute atomic E-state index is 12.3. The number of aryl methyl sites for hydroxylation is 1. The molecule has 1 fully saturated rings. The SMILES string of the molecule is COc1cccc2[nH]c(C)c(C(=O)C3CC3)c12. The number of H-pyrrole nitrogens is 1. The highest BCUT2D eigenvalue weighted by atomic mass is 16.5. The van der Waals surface area contributed by atoms with Crippen LogP contribution in [0.3, 0.4) is 0 Å². The lowest BCUT2D eigenvalue weighted by Crippen LogP contribution is -2.02. The van der Waals surface area contributed by atoms with Gasteiger partial charge >= 0.3 is 0 Å². The van der Waals surface area contributed by atoms with E-state index in [9.17, 15) is 4.79 Å². The molecule has 0 radical (unpaired) electrons. The Labute approximate surface area is 99.8 Å². The predicted molar refractivity (Wildman–Crippen MR) is 66.6 cm³/mol. The van der Waals surface area contributed by atoms with Gasteiger partial charge in [-0.2, -0.15) is 0 Å². The number of hydrogen-bond donors (Lipinski definition) is 1. The summed E-state index contributed by atoms with van der Waals surface area (Å²) in [6.07, 6.45) is 2.06. The van der Waals surface area contributed by atoms with Crippen LogP contribution in [0, 0.1) is 12.8 Å². The molecular weight excluding hydrogens is 214 g/mol. The minimum Gasteiger partial charge on any atom is -0.496 e. The smallest absolute Gasteiger partial charge is 0.168 e. The Morgan fingerprint density at radius 1 is 1.41 bits per heavy atom. The third-order valence-electron chi connectivity index (χ3n) is 3.39. The number of ether oxygens (including phenoxy) is 1. The molecule has 1 saturated carbocycles. The Morgan fingerprint density at radius 2 is 2.18 bits per heavy atom. The van der Waals surface area contributed by atoms with E-state index in [1.165, 1.54) is 0 Å². The van der Waals surface area contributed by atoms with Crippen molar-refractivity contribution in [3.63, 3.8) is 0 Å². The van der Waals surface area contributed by atoms with Gasteiger partial charge in [-0.05, 0) is 31.9 Å². The average Bonchev–Trinajstić information content (AvgIpc) is 3.10. The number of carbonyl (C=O) groups excluding carboxylic acids is 1. The molecule has 0 bridgehead atoms. The van der Waals surface area contributed by atoms with Crippen LogP contribution < -0.4 is 4.74 Å². The van der Waals surface area contributed by atoms with Gasteiger partial charge in [-0.3, -0.25) is 4.79 Å². The second kappa shape index (κ2) is 3.62. The maximum atomic E-state index is 12.3. The van der Waals surface area contributed by atoms with E-state index in [0.29, 0.717) is 0 Å². The first-order valence-electron chi connectivity index (χ1n) is 5.92. The zero-order valence-electron chi connectivity index (χ0n) is 10.0. The highest BCUT2D eigenvalue weighted by Crippen LogP contribution is 2.38. The van der Waals surface area contributed by atoms with Gasteiger partial charge in [-0.25, -0.2) is 0 Å². The first-order chi connectivity index (χ1) is 8.22. The summed E-state index contributed by atoms with van der Waals surface area (Å²) in [5.41, 5.74) is 2.74. The average molecular weight is 229 g/mol. The summed E-state index contributed by atoms with van der Waals surface area (Å²) < 4.78 is 5.36. The van der Waals surface area contributed by atoms with Crippen molar-refractivity contribution in [1.29, 1.82) is 0 Å². The molecule has 1 heterocycles. The lowest BCUT2D eigenvalue weighted by atomic mass is 10.0. The van der Waals surface area contributed by atoms with Gasteiger partial charge in [-0.1, -0.05) is 6.07 Å². The van der Waals surface area contributed by atoms with Crippen molar-refractivity contribution in [1.82, 2.24) is 4.98 Å². The topological polar surface area (TPSA) is 42.1 Å². The van der Waals surface area contributed by atoms with Gasteiger partial charge in [0.25, 0.3) is 0 Å². The number of hydrogen-bond acceptors (Lipinski definition) is 2. The lowest BCUT2D eigenvalue weighted by molar-refractivity contribution is 0.0968. The molecule has 17 heavy (non-hydrogen) atoms. The van der Waals surface area contributed by atoms with Gasteiger partial charge in [0, 0.05) is 17.2 Å². The summed E-state index contributed by atoms with van der Waals surface area (Å²) in [5, 5.41) is 0.935. The molecule has 3 nitrogen and oxygen atoms in total. The summed E-state index contributed by atoms with van der Waals surface area (Å²) in [5.74, 6) is 1.27. The summed E-state index contributed by atoms with van der Waals surface area (Å²) in [6.45, 7) is 1.95. The number of methoxy groups -OCH3 is 1. The van der Waals surface area contributed by atoms with Crippen LogP contribution in [0.5, 0.6) is 5.75 Å². The van der Waals surface area contributed by atoms with Gasteiger partial charge in [0.1, 0.15) is 5.75 Å². The van der Waals surface area contributed by atoms with Crippen molar-refractivity contribution in [2.24, 2.45) is 5.92 Å². The van der Waals surface area contributed by atoms with Crippen molar-refractivity contribution in [2.75, 3.05) is 7.11 Å². The zero-order chi connectivity index (χ0) is 12.0. The van der Waals surface area contributed by atoms with Crippen molar-refractivity contribution in [3.05, 3.63) is 29.5 Å². The Hall–Kier alpha value is -1.77. The molecule has 3 rings (SSSR count). The number of fused-ring (bicyclic) bond motifs is 1. The van der Waals surface area contributed by atoms with Crippen LogP contribution in [0.2, 0.25) is 0 Å². The minimum atomic E-state index is 0.234. The summed E-state index contributed by atoms with van der Waals surface area (Å²) in [4.78, 5) is 15.6. The molecule has 1 aliphatic carbocycles. The minimum absolute atomic E-state index is 0.234. The van der Waals surface area contributed by atoms with Gasteiger partial charge in [0.15, 0.2) is 5.78 Å². The van der Waals surface area contributed by atoms with E-state index in [-0.39, 0.29) is 11.7 Å². The van der Waals surface area contributed by atoms with Crippen LogP contribution in [0.4, 0.5) is 0 Å². The van der Waals surface area contributed by atoms with E-state index in [1.807, 2.05) is 25.1 Å². The van der Waals surface area contributed by atoms with Crippen LogP contribution in [0.15, 0.2) is 18.2 Å². The largest absolute Gasteiger partial charge is 0.496 e.